The third kappa shape index (κ3) is 7.11. The summed E-state index contributed by atoms with van der Waals surface area (Å²) >= 11 is 6.56. The number of carbonyl (C=O) groups excluding carboxylic acids is 2. The Bertz CT molecular complexity index is 1590. The molecule has 0 spiro atoms. The van der Waals surface area contributed by atoms with Gasteiger partial charge in [-0.1, -0.05) is 41.9 Å². The minimum atomic E-state index is -0.259. The average molecular weight is 567 g/mol. The topological polar surface area (TPSA) is 98.4 Å². The van der Waals surface area contributed by atoms with Crippen LogP contribution in [0, 0.1) is 0 Å². The maximum absolute atomic E-state index is 12.9. The van der Waals surface area contributed by atoms with Gasteiger partial charge in [0.05, 0.1) is 10.7 Å². The molecular formula is C32H31ClN6O2. The molecule has 9 heteroatoms. The predicted molar refractivity (Wildman–Crippen MR) is 166 cm³/mol. The van der Waals surface area contributed by atoms with Crippen LogP contribution in [0.3, 0.4) is 0 Å². The van der Waals surface area contributed by atoms with Crippen LogP contribution in [0.25, 0.3) is 0 Å². The number of pyridine rings is 1. The largest absolute Gasteiger partial charge is 0.384 e. The quantitative estimate of drug-likeness (QED) is 0.176. The molecule has 4 aromatic rings. The summed E-state index contributed by atoms with van der Waals surface area (Å²) in [5, 5.41) is 13.1. The Labute approximate surface area is 244 Å². The van der Waals surface area contributed by atoms with Gasteiger partial charge in [-0.2, -0.15) is 0 Å². The molecule has 41 heavy (non-hydrogen) atoms. The summed E-state index contributed by atoms with van der Waals surface area (Å²) < 4.78 is 0. The Morgan fingerprint density at radius 2 is 1.73 bits per heavy atom. The smallest absolute Gasteiger partial charge is 0.255 e. The average Bonchev–Trinajstić information content (AvgIpc) is 3.38. The van der Waals surface area contributed by atoms with E-state index >= 15 is 0 Å². The van der Waals surface area contributed by atoms with Crippen LogP contribution in [0.15, 0.2) is 97.1 Å². The molecule has 1 aromatic heterocycles. The number of fused-ring (bicyclic) bond motifs is 1. The molecule has 1 aliphatic rings. The number of carbonyl (C=O) groups is 2. The van der Waals surface area contributed by atoms with E-state index in [-0.39, 0.29) is 17.7 Å². The van der Waals surface area contributed by atoms with Gasteiger partial charge < -0.3 is 26.2 Å². The van der Waals surface area contributed by atoms with Crippen molar-refractivity contribution in [1.29, 1.82) is 0 Å². The number of likely N-dealkylation sites (N-methyl/N-ethyl adjacent to an activating group) is 1. The second kappa shape index (κ2) is 12.7. The minimum absolute atomic E-state index is 0.0605. The first-order chi connectivity index (χ1) is 19.9. The fourth-order valence-corrected chi connectivity index (χ4v) is 4.82. The van der Waals surface area contributed by atoms with E-state index in [9.17, 15) is 9.59 Å². The van der Waals surface area contributed by atoms with Gasteiger partial charge in [-0.3, -0.25) is 9.59 Å². The molecule has 208 valence electrons. The van der Waals surface area contributed by atoms with E-state index < -0.39 is 0 Å². The Morgan fingerprint density at radius 1 is 0.951 bits per heavy atom. The van der Waals surface area contributed by atoms with Crippen LogP contribution in [0.4, 0.5) is 28.6 Å². The SMILES string of the molecule is CN(C)C/C=C/C(=O)Nc1ccc(C(=O)Nc2cccc(Nc3ccc(Cl)c(C4CNc5ccccc54)n3)c2)cc1. The second-order valence-corrected chi connectivity index (χ2v) is 10.4. The number of rotatable bonds is 9. The lowest BCUT2D eigenvalue weighted by Crippen LogP contribution is -2.13. The Hall–Kier alpha value is -4.66. The zero-order valence-corrected chi connectivity index (χ0v) is 23.6. The van der Waals surface area contributed by atoms with Crippen molar-refractivity contribution >= 4 is 52.0 Å². The number of hydrogen-bond acceptors (Lipinski definition) is 6. The van der Waals surface area contributed by atoms with E-state index in [4.69, 9.17) is 16.6 Å². The maximum Gasteiger partial charge on any atom is 0.255 e. The Balaban J connectivity index is 1.22. The van der Waals surface area contributed by atoms with Crippen molar-refractivity contribution in [3.63, 3.8) is 0 Å². The molecule has 4 N–H and O–H groups in total. The van der Waals surface area contributed by atoms with Gasteiger partial charge in [0, 0.05) is 53.4 Å². The summed E-state index contributed by atoms with van der Waals surface area (Å²) in [6, 6.07) is 26.0. The summed E-state index contributed by atoms with van der Waals surface area (Å²) in [7, 11) is 3.86. The highest BCUT2D eigenvalue weighted by Gasteiger charge is 2.26. The van der Waals surface area contributed by atoms with Crippen molar-refractivity contribution in [3.05, 3.63) is 119 Å². The van der Waals surface area contributed by atoms with E-state index in [1.54, 1.807) is 30.3 Å². The molecule has 8 nitrogen and oxygen atoms in total. The van der Waals surface area contributed by atoms with Crippen LogP contribution >= 0.6 is 11.6 Å². The molecule has 2 amide bonds. The van der Waals surface area contributed by atoms with E-state index in [1.165, 1.54) is 11.6 Å². The van der Waals surface area contributed by atoms with Crippen LogP contribution in [-0.2, 0) is 4.79 Å². The van der Waals surface area contributed by atoms with Crippen molar-refractivity contribution in [2.75, 3.05) is 48.5 Å². The van der Waals surface area contributed by atoms with Crippen molar-refractivity contribution < 1.29 is 9.59 Å². The molecule has 1 unspecified atom stereocenters. The molecule has 0 fully saturated rings. The molecule has 0 saturated carbocycles. The van der Waals surface area contributed by atoms with Crippen LogP contribution in [-0.4, -0.2) is 48.9 Å². The summed E-state index contributed by atoms with van der Waals surface area (Å²) in [5.74, 6) is 0.238. The van der Waals surface area contributed by atoms with Crippen molar-refractivity contribution in [2.24, 2.45) is 0 Å². The number of aromatic nitrogens is 1. The molecule has 1 aliphatic heterocycles. The lowest BCUT2D eigenvalue weighted by atomic mass is 9.97. The highest BCUT2D eigenvalue weighted by atomic mass is 35.5. The number of para-hydroxylation sites is 1. The van der Waals surface area contributed by atoms with Crippen molar-refractivity contribution in [1.82, 2.24) is 9.88 Å². The highest BCUT2D eigenvalue weighted by Crippen LogP contribution is 2.38. The monoisotopic (exact) mass is 566 g/mol. The summed E-state index contributed by atoms with van der Waals surface area (Å²) in [6.07, 6.45) is 3.28. The number of anilines is 5. The van der Waals surface area contributed by atoms with E-state index in [2.05, 4.69) is 33.4 Å². The lowest BCUT2D eigenvalue weighted by molar-refractivity contribution is -0.111. The number of nitrogens with zero attached hydrogens (tertiary/aromatic N) is 2. The summed E-state index contributed by atoms with van der Waals surface area (Å²) in [5.41, 5.74) is 5.57. The van der Waals surface area contributed by atoms with Crippen LogP contribution in [0.1, 0.15) is 27.5 Å². The van der Waals surface area contributed by atoms with Gasteiger partial charge in [0.25, 0.3) is 5.91 Å². The van der Waals surface area contributed by atoms with Crippen LogP contribution in [0.5, 0.6) is 0 Å². The van der Waals surface area contributed by atoms with Crippen LogP contribution < -0.4 is 21.3 Å². The zero-order chi connectivity index (χ0) is 28.8. The normalized spacial score (nSPS) is 14.0. The van der Waals surface area contributed by atoms with E-state index in [0.717, 1.165) is 23.6 Å². The molecule has 3 aromatic carbocycles. The first kappa shape index (κ1) is 27.9. The van der Waals surface area contributed by atoms with Gasteiger partial charge in [0.15, 0.2) is 0 Å². The second-order valence-electron chi connectivity index (χ2n) is 9.98. The summed E-state index contributed by atoms with van der Waals surface area (Å²) in [4.78, 5) is 31.7. The molecule has 0 aliphatic carbocycles. The fraction of sp³-hybridized carbons (Fsp3) is 0.156. The fourth-order valence-electron chi connectivity index (χ4n) is 4.58. The van der Waals surface area contributed by atoms with Gasteiger partial charge >= 0.3 is 0 Å². The molecule has 0 bridgehead atoms. The van der Waals surface area contributed by atoms with Crippen molar-refractivity contribution in [2.45, 2.75) is 5.92 Å². The number of amides is 2. The third-order valence-electron chi connectivity index (χ3n) is 6.58. The van der Waals surface area contributed by atoms with Gasteiger partial charge in [-0.05, 0) is 80.3 Å². The summed E-state index contributed by atoms with van der Waals surface area (Å²) in [6.45, 7) is 1.41. The molecule has 5 rings (SSSR count). The van der Waals surface area contributed by atoms with E-state index in [1.807, 2.05) is 67.5 Å². The number of nitrogens with one attached hydrogen (secondary N) is 4. The molecular weight excluding hydrogens is 536 g/mol. The standard InChI is InChI=1S/C32H31ClN6O2/c1-39(2)18-6-11-30(40)36-22-14-12-21(13-15-22)32(41)37-24-8-5-7-23(19-24)35-29-17-16-27(33)31(38-29)26-20-34-28-10-4-3-9-25(26)28/h3-17,19,26,34H,18,20H2,1-2H3,(H,35,38)(H,36,40)(H,37,41)/b11-6+. The van der Waals surface area contributed by atoms with Gasteiger partial charge in [-0.15, -0.1) is 0 Å². The Kier molecular flexibility index (Phi) is 8.62. The zero-order valence-electron chi connectivity index (χ0n) is 22.8. The maximum atomic E-state index is 12.9. The van der Waals surface area contributed by atoms with Crippen molar-refractivity contribution in [3.8, 4) is 0 Å². The third-order valence-corrected chi connectivity index (χ3v) is 6.90. The predicted octanol–water partition coefficient (Wildman–Crippen LogP) is 6.34. The first-order valence-corrected chi connectivity index (χ1v) is 13.6. The number of benzene rings is 3. The minimum Gasteiger partial charge on any atom is -0.384 e. The molecule has 0 saturated heterocycles. The van der Waals surface area contributed by atoms with E-state index in [0.29, 0.717) is 34.3 Å². The van der Waals surface area contributed by atoms with Gasteiger partial charge in [0.2, 0.25) is 5.91 Å². The molecule has 1 atom stereocenters. The Morgan fingerprint density at radius 3 is 2.54 bits per heavy atom. The number of halogens is 1. The molecule has 2 heterocycles. The van der Waals surface area contributed by atoms with Crippen LogP contribution in [0.2, 0.25) is 5.02 Å². The van der Waals surface area contributed by atoms with Gasteiger partial charge in [-0.25, -0.2) is 4.98 Å². The first-order valence-electron chi connectivity index (χ1n) is 13.3. The number of hydrogen-bond donors (Lipinski definition) is 4. The van der Waals surface area contributed by atoms with Gasteiger partial charge in [0.1, 0.15) is 5.82 Å². The highest BCUT2D eigenvalue weighted by molar-refractivity contribution is 6.31. The molecule has 0 radical (unpaired) electrons. The lowest BCUT2D eigenvalue weighted by Gasteiger charge is -2.15.